The van der Waals surface area contributed by atoms with E-state index in [1.807, 2.05) is 0 Å². The molecular formula is C51H80O5. The van der Waals surface area contributed by atoms with Crippen LogP contribution in [-0.4, -0.2) is 37.9 Å². The smallest absolute Gasteiger partial charge is 0.306 e. The Morgan fingerprint density at radius 1 is 0.411 bits per heavy atom. The molecule has 0 rings (SSSR count). The van der Waals surface area contributed by atoms with Crippen molar-refractivity contribution in [3.8, 4) is 0 Å². The number of carbonyl (C=O) groups is 2. The molecule has 0 bridgehead atoms. The molecule has 5 nitrogen and oxygen atoms in total. The third-order valence-electron chi connectivity index (χ3n) is 8.49. The molecule has 0 aliphatic rings. The lowest BCUT2D eigenvalue weighted by molar-refractivity contribution is -0.162. The maximum absolute atomic E-state index is 12.7. The highest BCUT2D eigenvalue weighted by molar-refractivity contribution is 5.70. The van der Waals surface area contributed by atoms with Crippen molar-refractivity contribution in [3.05, 3.63) is 122 Å². The van der Waals surface area contributed by atoms with Gasteiger partial charge < -0.3 is 14.2 Å². The van der Waals surface area contributed by atoms with E-state index < -0.39 is 6.10 Å². The molecule has 0 radical (unpaired) electrons. The highest BCUT2D eigenvalue weighted by Gasteiger charge is 2.17. The minimum absolute atomic E-state index is 0.0253. The van der Waals surface area contributed by atoms with Gasteiger partial charge in [-0.05, 0) is 96.3 Å². The molecule has 0 N–H and O–H groups in total. The zero-order chi connectivity index (χ0) is 40.7. The van der Waals surface area contributed by atoms with Gasteiger partial charge in [0.1, 0.15) is 6.61 Å². The predicted molar refractivity (Wildman–Crippen MR) is 242 cm³/mol. The Hall–Kier alpha value is -3.70. The molecule has 5 heteroatoms. The SMILES string of the molecule is CC/C=C\C/C=C\C/C=C\C/C=C\C/C=C\CCCC(=O)OCC(COCCCCCCCC)OC(=O)CCC/C=C\C/C=C\C/C=C\C/C=C\C/C=C\CC. The van der Waals surface area contributed by atoms with Gasteiger partial charge in [0.15, 0.2) is 6.10 Å². The van der Waals surface area contributed by atoms with Crippen molar-refractivity contribution in [2.75, 3.05) is 19.8 Å². The molecule has 0 amide bonds. The lowest BCUT2D eigenvalue weighted by atomic mass is 10.1. The number of allylic oxidation sites excluding steroid dienone is 20. The monoisotopic (exact) mass is 773 g/mol. The summed E-state index contributed by atoms with van der Waals surface area (Å²) < 4.78 is 17.1. The van der Waals surface area contributed by atoms with Crippen LogP contribution >= 0.6 is 0 Å². The van der Waals surface area contributed by atoms with Gasteiger partial charge in [-0.15, -0.1) is 0 Å². The molecule has 0 aliphatic heterocycles. The van der Waals surface area contributed by atoms with Gasteiger partial charge >= 0.3 is 11.9 Å². The van der Waals surface area contributed by atoms with Gasteiger partial charge in [0.05, 0.1) is 6.61 Å². The number of hydrogen-bond acceptors (Lipinski definition) is 5. The quantitative estimate of drug-likeness (QED) is 0.0355. The molecule has 0 heterocycles. The standard InChI is InChI=1S/C51H80O5/c1-4-7-10-13-16-18-20-22-24-26-28-30-32-34-36-38-41-44-50(52)55-48-49(47-54-46-43-40-15-12-9-6-3)56-51(53)45-42-39-37-35-33-31-29-27-25-23-21-19-17-14-11-8-5-2/h7-8,10-11,16-19,22-25,28-31,34-37,49H,4-6,9,12-15,20-21,26-27,32-33,38-48H2,1-3H3/b10-7-,11-8-,18-16-,19-17-,24-22-,25-23-,30-28-,31-29-,36-34-,37-35-. The van der Waals surface area contributed by atoms with Gasteiger partial charge in [0, 0.05) is 19.4 Å². The van der Waals surface area contributed by atoms with E-state index in [-0.39, 0.29) is 25.2 Å². The number of unbranched alkanes of at least 4 members (excludes halogenated alkanes) is 7. The number of rotatable bonds is 38. The van der Waals surface area contributed by atoms with Gasteiger partial charge in [0.25, 0.3) is 0 Å². The highest BCUT2D eigenvalue weighted by atomic mass is 16.6. The molecule has 0 aliphatic carbocycles. The van der Waals surface area contributed by atoms with Crippen LogP contribution in [0.5, 0.6) is 0 Å². The summed E-state index contributed by atoms with van der Waals surface area (Å²) in [5.74, 6) is -0.548. The zero-order valence-corrected chi connectivity index (χ0v) is 35.8. The Bertz CT molecular complexity index is 1190. The van der Waals surface area contributed by atoms with Crippen LogP contribution in [0, 0.1) is 0 Å². The third-order valence-corrected chi connectivity index (χ3v) is 8.49. The van der Waals surface area contributed by atoms with Crippen molar-refractivity contribution in [1.29, 1.82) is 0 Å². The van der Waals surface area contributed by atoms with E-state index in [1.165, 1.54) is 25.7 Å². The molecule has 0 spiro atoms. The first-order valence-corrected chi connectivity index (χ1v) is 22.1. The van der Waals surface area contributed by atoms with Gasteiger partial charge in [-0.1, -0.05) is 174 Å². The molecular weight excluding hydrogens is 693 g/mol. The summed E-state index contributed by atoms with van der Waals surface area (Å²) in [6.07, 6.45) is 63.6. The van der Waals surface area contributed by atoms with Crippen LogP contribution in [0.3, 0.4) is 0 Å². The fraction of sp³-hybridized carbons (Fsp3) is 0.569. The van der Waals surface area contributed by atoms with Crippen LogP contribution in [-0.2, 0) is 23.8 Å². The van der Waals surface area contributed by atoms with E-state index in [9.17, 15) is 9.59 Å². The van der Waals surface area contributed by atoms with Gasteiger partial charge in [-0.3, -0.25) is 9.59 Å². The average molecular weight is 773 g/mol. The first-order valence-electron chi connectivity index (χ1n) is 22.1. The summed E-state index contributed by atoms with van der Waals surface area (Å²) in [4.78, 5) is 25.1. The summed E-state index contributed by atoms with van der Waals surface area (Å²) in [6.45, 7) is 7.40. The van der Waals surface area contributed by atoms with Crippen molar-refractivity contribution in [2.24, 2.45) is 0 Å². The molecule has 56 heavy (non-hydrogen) atoms. The Balaban J connectivity index is 4.36. The van der Waals surface area contributed by atoms with Crippen LogP contribution in [0.25, 0.3) is 0 Å². The van der Waals surface area contributed by atoms with Gasteiger partial charge in [0.2, 0.25) is 0 Å². The summed E-state index contributed by atoms with van der Waals surface area (Å²) in [5, 5.41) is 0. The minimum Gasteiger partial charge on any atom is -0.462 e. The lowest BCUT2D eigenvalue weighted by Crippen LogP contribution is -2.30. The Labute approximate surface area is 344 Å². The van der Waals surface area contributed by atoms with Crippen molar-refractivity contribution >= 4 is 11.9 Å². The van der Waals surface area contributed by atoms with E-state index in [4.69, 9.17) is 14.2 Å². The van der Waals surface area contributed by atoms with Crippen LogP contribution < -0.4 is 0 Å². The second kappa shape index (κ2) is 45.7. The van der Waals surface area contributed by atoms with Crippen molar-refractivity contribution in [2.45, 2.75) is 168 Å². The summed E-state index contributed by atoms with van der Waals surface area (Å²) >= 11 is 0. The number of carbonyl (C=O) groups excluding carboxylic acids is 2. The van der Waals surface area contributed by atoms with Crippen molar-refractivity contribution in [3.63, 3.8) is 0 Å². The van der Waals surface area contributed by atoms with Gasteiger partial charge in [-0.25, -0.2) is 0 Å². The van der Waals surface area contributed by atoms with E-state index in [1.54, 1.807) is 0 Å². The van der Waals surface area contributed by atoms with Crippen LogP contribution in [0.1, 0.15) is 162 Å². The summed E-state index contributed by atoms with van der Waals surface area (Å²) in [5.41, 5.74) is 0. The molecule has 1 atom stereocenters. The summed E-state index contributed by atoms with van der Waals surface area (Å²) in [7, 11) is 0. The Morgan fingerprint density at radius 2 is 0.786 bits per heavy atom. The highest BCUT2D eigenvalue weighted by Crippen LogP contribution is 2.09. The lowest BCUT2D eigenvalue weighted by Gasteiger charge is -2.18. The normalized spacial score (nSPS) is 13.4. The zero-order valence-electron chi connectivity index (χ0n) is 35.8. The van der Waals surface area contributed by atoms with Crippen molar-refractivity contribution < 1.29 is 23.8 Å². The largest absolute Gasteiger partial charge is 0.462 e. The minimum atomic E-state index is -0.591. The average Bonchev–Trinajstić information content (AvgIpc) is 3.20. The Morgan fingerprint density at radius 3 is 1.21 bits per heavy atom. The van der Waals surface area contributed by atoms with Crippen LogP contribution in [0.15, 0.2) is 122 Å². The first kappa shape index (κ1) is 52.3. The number of ether oxygens (including phenoxy) is 3. The van der Waals surface area contributed by atoms with E-state index in [0.29, 0.717) is 25.9 Å². The number of hydrogen-bond donors (Lipinski definition) is 0. The molecule has 0 fully saturated rings. The molecule has 0 aromatic heterocycles. The second-order valence-electron chi connectivity index (χ2n) is 13.8. The van der Waals surface area contributed by atoms with Crippen LogP contribution in [0.2, 0.25) is 0 Å². The Kier molecular flexibility index (Phi) is 42.7. The first-order chi connectivity index (χ1) is 27.6. The van der Waals surface area contributed by atoms with E-state index >= 15 is 0 Å². The molecule has 0 aromatic rings. The molecule has 1 unspecified atom stereocenters. The molecule has 0 saturated heterocycles. The van der Waals surface area contributed by atoms with Crippen molar-refractivity contribution in [1.82, 2.24) is 0 Å². The van der Waals surface area contributed by atoms with E-state index in [2.05, 4.69) is 142 Å². The molecule has 314 valence electrons. The third kappa shape index (κ3) is 43.0. The molecule has 0 saturated carbocycles. The topological polar surface area (TPSA) is 61.8 Å². The second-order valence-corrected chi connectivity index (χ2v) is 13.8. The maximum atomic E-state index is 12.7. The molecule has 0 aromatic carbocycles. The maximum Gasteiger partial charge on any atom is 0.306 e. The van der Waals surface area contributed by atoms with E-state index in [0.717, 1.165) is 96.3 Å². The van der Waals surface area contributed by atoms with Gasteiger partial charge in [-0.2, -0.15) is 0 Å². The predicted octanol–water partition coefficient (Wildman–Crippen LogP) is 14.7. The fourth-order valence-corrected chi connectivity index (χ4v) is 5.28. The van der Waals surface area contributed by atoms with Crippen LogP contribution in [0.4, 0.5) is 0 Å². The number of esters is 2. The summed E-state index contributed by atoms with van der Waals surface area (Å²) in [6, 6.07) is 0. The fourth-order valence-electron chi connectivity index (χ4n) is 5.28.